The van der Waals surface area contributed by atoms with Crippen LogP contribution in [-0.2, 0) is 14.4 Å². The van der Waals surface area contributed by atoms with Crippen LogP contribution in [0.15, 0.2) is 23.2 Å². The smallest absolute Gasteiger partial charge is 0.316 e. The van der Waals surface area contributed by atoms with E-state index in [9.17, 15) is 14.4 Å². The van der Waals surface area contributed by atoms with Crippen LogP contribution < -0.4 is 0 Å². The van der Waals surface area contributed by atoms with Gasteiger partial charge in [-0.3, -0.25) is 14.4 Å². The van der Waals surface area contributed by atoms with Crippen LogP contribution in [0.2, 0.25) is 0 Å². The lowest BCUT2D eigenvalue weighted by Gasteiger charge is -2.21. The van der Waals surface area contributed by atoms with Crippen LogP contribution in [0.3, 0.4) is 0 Å². The van der Waals surface area contributed by atoms with Crippen molar-refractivity contribution in [3.8, 4) is 0 Å². The van der Waals surface area contributed by atoms with Gasteiger partial charge < -0.3 is 19.8 Å². The molecule has 0 spiro atoms. The van der Waals surface area contributed by atoms with Crippen LogP contribution in [-0.4, -0.2) is 81.9 Å². The lowest BCUT2D eigenvalue weighted by atomic mass is 9.94. The summed E-state index contributed by atoms with van der Waals surface area (Å²) in [5.41, 5.74) is 1.89. The molecule has 166 valence electrons. The summed E-state index contributed by atoms with van der Waals surface area (Å²) in [5.74, 6) is -0.218. The number of aliphatic carboxylic acids is 1. The van der Waals surface area contributed by atoms with Crippen LogP contribution >= 0.6 is 12.6 Å². The summed E-state index contributed by atoms with van der Waals surface area (Å²) in [6.07, 6.45) is 6.80. The second-order valence-corrected chi connectivity index (χ2v) is 9.01. The normalized spacial score (nSPS) is 21.7. The Bertz CT molecular complexity index is 751. The maximum Gasteiger partial charge on any atom is 0.316 e. The molecule has 3 aliphatic heterocycles. The Morgan fingerprint density at radius 1 is 1.03 bits per heavy atom. The van der Waals surface area contributed by atoms with Gasteiger partial charge in [0.1, 0.15) is 11.4 Å². The first kappa shape index (κ1) is 22.7. The van der Waals surface area contributed by atoms with Crippen molar-refractivity contribution in [2.45, 2.75) is 51.2 Å². The molecule has 0 saturated carbocycles. The minimum atomic E-state index is -0.793. The lowest BCUT2D eigenvalue weighted by molar-refractivity contribution is -0.136. The van der Waals surface area contributed by atoms with Crippen molar-refractivity contribution in [1.29, 1.82) is 0 Å². The highest BCUT2D eigenvalue weighted by Crippen LogP contribution is 2.33. The number of carboxylic acid groups (broad SMARTS) is 1. The Morgan fingerprint density at radius 3 is 2.07 bits per heavy atom. The molecular formula is C22H33N3O4S. The molecular weight excluding hydrogens is 402 g/mol. The van der Waals surface area contributed by atoms with Gasteiger partial charge in [-0.2, -0.15) is 12.6 Å². The Kier molecular flexibility index (Phi) is 7.50. The van der Waals surface area contributed by atoms with Crippen molar-refractivity contribution in [2.75, 3.05) is 39.3 Å². The molecule has 7 nitrogen and oxygen atoms in total. The maximum atomic E-state index is 12.4. The summed E-state index contributed by atoms with van der Waals surface area (Å²) < 4.78 is 0. The van der Waals surface area contributed by atoms with Crippen molar-refractivity contribution in [2.24, 2.45) is 5.92 Å². The summed E-state index contributed by atoms with van der Waals surface area (Å²) in [6.45, 7) is 9.67. The molecule has 8 heteroatoms. The molecule has 3 heterocycles. The summed E-state index contributed by atoms with van der Waals surface area (Å²) in [4.78, 5) is 41.0. The highest BCUT2D eigenvalue weighted by molar-refractivity contribution is 7.81. The fourth-order valence-corrected chi connectivity index (χ4v) is 3.97. The average molecular weight is 436 g/mol. The van der Waals surface area contributed by atoms with E-state index in [2.05, 4.69) is 26.5 Å². The van der Waals surface area contributed by atoms with Crippen molar-refractivity contribution in [3.05, 3.63) is 23.2 Å². The minimum absolute atomic E-state index is 0.00546. The van der Waals surface area contributed by atoms with E-state index in [1.807, 2.05) is 14.7 Å². The molecule has 1 aliphatic carbocycles. The molecule has 0 aromatic carbocycles. The number of carbonyl (C=O) groups excluding carboxylic acids is 2. The molecule has 0 bridgehead atoms. The van der Waals surface area contributed by atoms with Crippen molar-refractivity contribution < 1.29 is 19.5 Å². The van der Waals surface area contributed by atoms with Crippen LogP contribution in [0.4, 0.5) is 0 Å². The van der Waals surface area contributed by atoms with Gasteiger partial charge in [-0.05, 0) is 12.3 Å². The van der Waals surface area contributed by atoms with Gasteiger partial charge in [-0.1, -0.05) is 39.5 Å². The number of carbonyl (C=O) groups is 3. The lowest BCUT2D eigenvalue weighted by Crippen LogP contribution is -2.29. The van der Waals surface area contributed by atoms with E-state index in [4.69, 9.17) is 5.11 Å². The third-order valence-electron chi connectivity index (χ3n) is 5.87. The third kappa shape index (κ3) is 5.80. The third-order valence-corrected chi connectivity index (χ3v) is 6.30. The number of ketones is 2. The van der Waals surface area contributed by atoms with E-state index in [0.717, 1.165) is 52.1 Å². The monoisotopic (exact) mass is 435 g/mol. The maximum absolute atomic E-state index is 12.4. The van der Waals surface area contributed by atoms with Crippen LogP contribution in [0.1, 0.15) is 46.0 Å². The molecule has 0 aromatic rings. The molecule has 0 aromatic heterocycles. The SMILES string of the molecule is CCCCC(CC)CC(S)C(=O)O.O=C1C=C(N2CC2)C(=O)C(N2CC2)=C1N1CC1. The largest absolute Gasteiger partial charge is 0.480 e. The topological polar surface area (TPSA) is 80.5 Å². The Balaban J connectivity index is 0.000000180. The van der Waals surface area contributed by atoms with Crippen molar-refractivity contribution in [1.82, 2.24) is 14.7 Å². The van der Waals surface area contributed by atoms with E-state index in [1.165, 1.54) is 18.9 Å². The number of nitrogens with zero attached hydrogens (tertiary/aromatic N) is 3. The predicted molar refractivity (Wildman–Crippen MR) is 118 cm³/mol. The number of allylic oxidation sites excluding steroid dienone is 1. The quantitative estimate of drug-likeness (QED) is 0.309. The van der Waals surface area contributed by atoms with Gasteiger partial charge in [0, 0.05) is 45.3 Å². The number of hydrogen-bond donors (Lipinski definition) is 2. The van der Waals surface area contributed by atoms with Crippen molar-refractivity contribution in [3.63, 3.8) is 0 Å². The number of hydrogen-bond acceptors (Lipinski definition) is 7. The van der Waals surface area contributed by atoms with Gasteiger partial charge in [0.25, 0.3) is 0 Å². The fraction of sp³-hybridized carbons (Fsp3) is 0.682. The molecule has 30 heavy (non-hydrogen) atoms. The number of carboxylic acids is 1. The van der Waals surface area contributed by atoms with Gasteiger partial charge in [-0.25, -0.2) is 0 Å². The summed E-state index contributed by atoms with van der Waals surface area (Å²) in [6, 6.07) is 0. The summed E-state index contributed by atoms with van der Waals surface area (Å²) >= 11 is 4.04. The van der Waals surface area contributed by atoms with Gasteiger partial charge >= 0.3 is 5.97 Å². The highest BCUT2D eigenvalue weighted by Gasteiger charge is 2.43. The first-order valence-electron chi connectivity index (χ1n) is 11.1. The van der Waals surface area contributed by atoms with Gasteiger partial charge in [0.15, 0.2) is 0 Å². The Hall–Kier alpha value is -1.96. The minimum Gasteiger partial charge on any atom is -0.480 e. The van der Waals surface area contributed by atoms with Gasteiger partial charge in [0.05, 0.1) is 10.9 Å². The summed E-state index contributed by atoms with van der Waals surface area (Å²) in [5, 5.41) is 8.19. The number of rotatable bonds is 10. The fourth-order valence-electron chi connectivity index (χ4n) is 3.67. The van der Waals surface area contributed by atoms with Gasteiger partial charge in [0.2, 0.25) is 11.6 Å². The van der Waals surface area contributed by atoms with Gasteiger partial charge in [-0.15, -0.1) is 0 Å². The van der Waals surface area contributed by atoms with Crippen LogP contribution in [0.5, 0.6) is 0 Å². The first-order valence-corrected chi connectivity index (χ1v) is 11.6. The number of Topliss-reactive ketones (excluding diaryl/α,β-unsaturated/α-hetero) is 1. The molecule has 0 radical (unpaired) electrons. The molecule has 1 N–H and O–H groups in total. The van der Waals surface area contributed by atoms with E-state index in [1.54, 1.807) is 0 Å². The standard InChI is InChI=1S/C12H13N3O2.C10H20O2S/c16-9-7-8(13-1-2-13)12(17)11(15-5-6-15)10(9)14-3-4-14;1-3-5-6-8(4-2)7-9(13)10(11)12/h7H,1-6H2;8-9,13H,3-7H2,1-2H3,(H,11,12). The second kappa shape index (κ2) is 9.90. The molecule has 3 saturated heterocycles. The molecule has 0 amide bonds. The van der Waals surface area contributed by atoms with E-state index in [0.29, 0.717) is 29.4 Å². The number of unbranched alkanes of at least 4 members (excludes halogenated alkanes) is 1. The molecule has 4 aliphatic rings. The first-order chi connectivity index (χ1) is 14.4. The zero-order valence-corrected chi connectivity index (χ0v) is 18.9. The zero-order chi connectivity index (χ0) is 21.8. The molecule has 3 fully saturated rings. The van der Waals surface area contributed by atoms with E-state index >= 15 is 0 Å². The molecule has 2 atom stereocenters. The van der Waals surface area contributed by atoms with Crippen LogP contribution in [0.25, 0.3) is 0 Å². The van der Waals surface area contributed by atoms with Crippen LogP contribution in [0, 0.1) is 5.92 Å². The Labute approximate surface area is 184 Å². The number of thiol groups is 1. The van der Waals surface area contributed by atoms with E-state index < -0.39 is 11.2 Å². The Morgan fingerprint density at radius 2 is 1.60 bits per heavy atom. The average Bonchev–Trinajstić information content (AvgIpc) is 3.58. The predicted octanol–water partition coefficient (Wildman–Crippen LogP) is 2.16. The van der Waals surface area contributed by atoms with E-state index in [-0.39, 0.29) is 11.6 Å². The van der Waals surface area contributed by atoms with Crippen molar-refractivity contribution >= 4 is 30.2 Å². The molecule has 4 rings (SSSR count). The zero-order valence-electron chi connectivity index (χ0n) is 18.0. The summed E-state index contributed by atoms with van der Waals surface area (Å²) in [7, 11) is 0. The second-order valence-electron chi connectivity index (χ2n) is 8.39. The highest BCUT2D eigenvalue weighted by atomic mass is 32.1. The molecule has 2 unspecified atom stereocenters.